The van der Waals surface area contributed by atoms with Crippen LogP contribution in [0.4, 0.5) is 0 Å². The smallest absolute Gasteiger partial charge is 0.228 e. The quantitative estimate of drug-likeness (QED) is 0.598. The lowest BCUT2D eigenvalue weighted by molar-refractivity contribution is 0.301. The summed E-state index contributed by atoms with van der Waals surface area (Å²) in [5, 5.41) is 3.52. The highest BCUT2D eigenvalue weighted by Crippen LogP contribution is 2.21. The molecule has 0 bridgehead atoms. The second kappa shape index (κ2) is 2.22. The fourth-order valence-electron chi connectivity index (χ4n) is 1.97. The first kappa shape index (κ1) is 6.88. The van der Waals surface area contributed by atoms with Crippen molar-refractivity contribution in [3.8, 4) is 0 Å². The van der Waals surface area contributed by atoms with Gasteiger partial charge in [0.25, 0.3) is 0 Å². The number of hydrogen-bond acceptors (Lipinski definition) is 4. The summed E-state index contributed by atoms with van der Waals surface area (Å²) < 4.78 is 10.1. The maximum atomic E-state index is 11.6. The molecule has 0 radical (unpaired) electrons. The van der Waals surface area contributed by atoms with E-state index in [1.54, 1.807) is 0 Å². The van der Waals surface area contributed by atoms with Crippen LogP contribution in [0.25, 0.3) is 0 Å². The molecule has 0 aromatic rings. The lowest BCUT2D eigenvalue weighted by Gasteiger charge is -1.85. The Balaban J connectivity index is 2.63. The van der Waals surface area contributed by atoms with Gasteiger partial charge in [0.1, 0.15) is 0 Å². The van der Waals surface area contributed by atoms with Gasteiger partial charge in [0.15, 0.2) is 0 Å². The van der Waals surface area contributed by atoms with E-state index in [2.05, 4.69) is 5.16 Å². The second-order valence-corrected chi connectivity index (χ2v) is 3.22. The van der Waals surface area contributed by atoms with Crippen LogP contribution in [-0.4, -0.2) is 5.16 Å². The molecule has 1 aliphatic heterocycles. The van der Waals surface area contributed by atoms with Gasteiger partial charge in [-0.05, 0) is 24.4 Å². The van der Waals surface area contributed by atoms with Crippen LogP contribution in [0.15, 0.2) is 20.1 Å². The van der Waals surface area contributed by atoms with Gasteiger partial charge in [0, 0.05) is 11.1 Å². The Labute approximate surface area is 72.8 Å². The van der Waals surface area contributed by atoms with E-state index >= 15 is 0 Å². The number of fused-ring (bicyclic) bond motifs is 2. The highest BCUT2D eigenvalue weighted by Gasteiger charge is 2.22. The van der Waals surface area contributed by atoms with E-state index in [1.165, 1.54) is 0 Å². The van der Waals surface area contributed by atoms with Crippen molar-refractivity contribution in [2.24, 2.45) is 0 Å². The predicted octanol–water partition coefficient (Wildman–Crippen LogP) is 0.841. The zero-order valence-corrected chi connectivity index (χ0v) is 6.87. The molecule has 4 nitrogen and oxygen atoms in total. The maximum absolute atomic E-state index is 11.6. The molecule has 3 rings (SSSR count). The minimum Gasteiger partial charge on any atom is -0.434 e. The summed E-state index contributed by atoms with van der Waals surface area (Å²) in [4.78, 5) is 11.6. The molecule has 1 heterocycles. The van der Waals surface area contributed by atoms with Crippen molar-refractivity contribution in [1.29, 1.82) is 0 Å². The van der Waals surface area contributed by atoms with Gasteiger partial charge in [-0.15, -0.1) is 0 Å². The summed E-state index contributed by atoms with van der Waals surface area (Å²) in [6.07, 6.45) is 3.92. The van der Waals surface area contributed by atoms with Crippen molar-refractivity contribution >= 4 is 0 Å². The zero-order valence-electron chi connectivity index (χ0n) is 6.87. The van der Waals surface area contributed by atoms with Crippen molar-refractivity contribution in [2.75, 3.05) is 0 Å². The molecule has 66 valence electrons. The summed E-state index contributed by atoms with van der Waals surface area (Å²) in [5.74, 6) is 0. The van der Waals surface area contributed by atoms with Crippen LogP contribution >= 0.6 is 0 Å². The third-order valence-electron chi connectivity index (χ3n) is 2.54. The van der Waals surface area contributed by atoms with E-state index in [0.29, 0.717) is 10.8 Å². The molecule has 0 aromatic heterocycles. The van der Waals surface area contributed by atoms with Crippen LogP contribution in [0.5, 0.6) is 0 Å². The standard InChI is InChI=1S/C9H7NO3/c11-7-5-2-1-3-6(5)8-9(7)12-4-10-13-8/h4H,1-3H2. The van der Waals surface area contributed by atoms with Gasteiger partial charge < -0.3 is 8.94 Å². The lowest BCUT2D eigenvalue weighted by atomic mass is 10.2. The fourth-order valence-corrected chi connectivity index (χ4v) is 1.97. The van der Waals surface area contributed by atoms with Gasteiger partial charge >= 0.3 is 0 Å². The number of rotatable bonds is 0. The summed E-state index contributed by atoms with van der Waals surface area (Å²) in [6.45, 7) is 0. The van der Waals surface area contributed by atoms with E-state index in [4.69, 9.17) is 8.94 Å². The van der Waals surface area contributed by atoms with Gasteiger partial charge in [-0.25, -0.2) is 0 Å². The van der Waals surface area contributed by atoms with Crippen molar-refractivity contribution in [2.45, 2.75) is 19.3 Å². The minimum atomic E-state index is -0.0198. The Kier molecular flexibility index (Phi) is 1.17. The van der Waals surface area contributed by atoms with Crippen molar-refractivity contribution in [3.63, 3.8) is 0 Å². The molecule has 2 aliphatic carbocycles. The topological polar surface area (TPSA) is 56.2 Å². The molecule has 0 N–H and O–H groups in total. The predicted molar refractivity (Wildman–Crippen MR) is 42.4 cm³/mol. The van der Waals surface area contributed by atoms with Crippen LogP contribution < -0.4 is 5.43 Å². The molecule has 13 heavy (non-hydrogen) atoms. The Morgan fingerprint density at radius 2 is 2.08 bits per heavy atom. The van der Waals surface area contributed by atoms with Crippen LogP contribution in [0.2, 0.25) is 0 Å². The van der Waals surface area contributed by atoms with Gasteiger partial charge in [0.2, 0.25) is 22.7 Å². The summed E-state index contributed by atoms with van der Waals surface area (Å²) in [6, 6.07) is 0. The first-order chi connectivity index (χ1) is 6.38. The van der Waals surface area contributed by atoms with E-state index < -0.39 is 0 Å². The van der Waals surface area contributed by atoms with Crippen molar-refractivity contribution in [1.82, 2.24) is 5.16 Å². The maximum Gasteiger partial charge on any atom is 0.228 e. The lowest BCUT2D eigenvalue weighted by Crippen LogP contribution is -2.02. The molecule has 0 fully saturated rings. The van der Waals surface area contributed by atoms with Gasteiger partial charge in [0.05, 0.1) is 0 Å². The Morgan fingerprint density at radius 3 is 3.00 bits per heavy atom. The Bertz CT molecular complexity index is 566. The number of aromatic nitrogens is 1. The van der Waals surface area contributed by atoms with Gasteiger partial charge in [-0.1, -0.05) is 0 Å². The minimum absolute atomic E-state index is 0.0198. The van der Waals surface area contributed by atoms with E-state index in [1.807, 2.05) is 0 Å². The average molecular weight is 177 g/mol. The molecule has 3 aliphatic rings. The summed E-state index contributed by atoms with van der Waals surface area (Å²) >= 11 is 0. The van der Waals surface area contributed by atoms with Gasteiger partial charge in [-0.2, -0.15) is 0 Å². The Morgan fingerprint density at radius 1 is 1.23 bits per heavy atom. The third kappa shape index (κ3) is 0.748. The monoisotopic (exact) mass is 177 g/mol. The number of nitrogens with zero attached hydrogens (tertiary/aromatic N) is 1. The molecular weight excluding hydrogens is 170 g/mol. The molecule has 0 spiro atoms. The second-order valence-electron chi connectivity index (χ2n) is 3.22. The molecule has 4 heteroatoms. The summed E-state index contributed by atoms with van der Waals surface area (Å²) in [7, 11) is 0. The third-order valence-corrected chi connectivity index (χ3v) is 2.54. The first-order valence-corrected chi connectivity index (χ1v) is 4.25. The van der Waals surface area contributed by atoms with E-state index in [0.717, 1.165) is 36.8 Å². The molecule has 0 saturated heterocycles. The van der Waals surface area contributed by atoms with Crippen LogP contribution in [0.1, 0.15) is 17.5 Å². The highest BCUT2D eigenvalue weighted by molar-refractivity contribution is 5.32. The molecular formula is C9H7NO3. The molecule has 0 saturated carbocycles. The van der Waals surface area contributed by atoms with Crippen molar-refractivity contribution in [3.05, 3.63) is 38.6 Å². The molecule has 0 aromatic carbocycles. The molecule has 0 amide bonds. The number of hydrogen-bond donors (Lipinski definition) is 0. The molecule has 0 atom stereocenters. The van der Waals surface area contributed by atoms with Crippen LogP contribution in [0, 0.1) is 10.8 Å². The zero-order chi connectivity index (χ0) is 8.84. The largest absolute Gasteiger partial charge is 0.434 e. The molecule has 0 unspecified atom stereocenters. The van der Waals surface area contributed by atoms with Gasteiger partial charge in [-0.3, -0.25) is 4.79 Å². The Hall–Kier alpha value is -1.58. The van der Waals surface area contributed by atoms with E-state index in [9.17, 15) is 4.79 Å². The summed E-state index contributed by atoms with van der Waals surface area (Å²) in [5.41, 5.74) is 2.70. The van der Waals surface area contributed by atoms with Crippen molar-refractivity contribution < 1.29 is 8.94 Å². The normalized spacial score (nSPS) is 15.1. The highest BCUT2D eigenvalue weighted by atomic mass is 16.5. The van der Waals surface area contributed by atoms with E-state index in [-0.39, 0.29) is 5.43 Å². The fraction of sp³-hybridized carbons (Fsp3) is 0.333. The first-order valence-electron chi connectivity index (χ1n) is 4.25. The average Bonchev–Trinajstić information content (AvgIpc) is 2.72. The van der Waals surface area contributed by atoms with Crippen LogP contribution in [-0.2, 0) is 12.8 Å². The van der Waals surface area contributed by atoms with Crippen LogP contribution in [0.3, 0.4) is 0 Å². The SMILES string of the molecule is O=c1c2c(c3oncoc1=3)CCC2.